The van der Waals surface area contributed by atoms with Gasteiger partial charge in [-0.3, -0.25) is 4.79 Å². The van der Waals surface area contributed by atoms with Crippen molar-refractivity contribution in [2.24, 2.45) is 0 Å². The highest BCUT2D eigenvalue weighted by atomic mass is 19.2. The summed E-state index contributed by atoms with van der Waals surface area (Å²) in [6.45, 7) is -0.629. The van der Waals surface area contributed by atoms with Gasteiger partial charge in [-0.1, -0.05) is 18.2 Å². The largest absolute Gasteiger partial charge is 0.394 e. The number of aliphatic hydroxyl groups is 1. The van der Waals surface area contributed by atoms with Crippen molar-refractivity contribution >= 4 is 5.91 Å². The lowest BCUT2D eigenvalue weighted by Crippen LogP contribution is -2.31. The van der Waals surface area contributed by atoms with Crippen LogP contribution >= 0.6 is 0 Å². The van der Waals surface area contributed by atoms with Gasteiger partial charge in [-0.25, -0.2) is 17.6 Å². The summed E-state index contributed by atoms with van der Waals surface area (Å²) in [6, 6.07) is 6.29. The van der Waals surface area contributed by atoms with Crippen molar-refractivity contribution in [3.8, 4) is 0 Å². The fraction of sp³-hybridized carbons (Fsp3) is 0.235. The third-order valence-corrected chi connectivity index (χ3v) is 3.51. The number of aryl methyl sites for hydroxylation is 1. The van der Waals surface area contributed by atoms with Crippen LogP contribution < -0.4 is 5.32 Å². The van der Waals surface area contributed by atoms with E-state index in [2.05, 4.69) is 5.32 Å². The second-order valence-corrected chi connectivity index (χ2v) is 5.19. The van der Waals surface area contributed by atoms with E-state index < -0.39 is 41.8 Å². The summed E-state index contributed by atoms with van der Waals surface area (Å²) < 4.78 is 52.9. The average molecular weight is 341 g/mol. The summed E-state index contributed by atoms with van der Waals surface area (Å²) >= 11 is 0. The maximum absolute atomic E-state index is 13.5. The van der Waals surface area contributed by atoms with Crippen molar-refractivity contribution in [1.82, 2.24) is 5.32 Å². The molecule has 1 unspecified atom stereocenters. The second-order valence-electron chi connectivity index (χ2n) is 5.19. The van der Waals surface area contributed by atoms with E-state index in [0.29, 0.717) is 17.7 Å². The van der Waals surface area contributed by atoms with E-state index in [1.807, 2.05) is 0 Å². The Labute approximate surface area is 135 Å². The molecule has 2 aromatic rings. The molecule has 0 spiro atoms. The van der Waals surface area contributed by atoms with E-state index in [1.54, 1.807) is 6.07 Å². The van der Waals surface area contributed by atoms with Crippen LogP contribution in [0.25, 0.3) is 0 Å². The predicted molar refractivity (Wildman–Crippen MR) is 79.0 cm³/mol. The minimum Gasteiger partial charge on any atom is -0.394 e. The van der Waals surface area contributed by atoms with Crippen molar-refractivity contribution in [3.05, 3.63) is 70.8 Å². The zero-order valence-electron chi connectivity index (χ0n) is 12.5. The number of benzene rings is 2. The molecule has 24 heavy (non-hydrogen) atoms. The average Bonchev–Trinajstić information content (AvgIpc) is 2.56. The number of rotatable bonds is 6. The van der Waals surface area contributed by atoms with E-state index >= 15 is 0 Å². The van der Waals surface area contributed by atoms with Crippen molar-refractivity contribution in [1.29, 1.82) is 0 Å². The molecule has 3 nitrogen and oxygen atoms in total. The smallest absolute Gasteiger partial charge is 0.220 e. The minimum atomic E-state index is -1.62. The maximum atomic E-state index is 13.5. The first-order valence-corrected chi connectivity index (χ1v) is 7.20. The van der Waals surface area contributed by atoms with E-state index in [4.69, 9.17) is 0 Å². The number of halogens is 4. The standard InChI is InChI=1S/C17H15F4NO2/c18-12-4-2-1-3-10(12)5-6-16(24)22-15(9-23)11-7-13(19)17(21)14(20)8-11/h1-4,7-8,15,23H,5-6,9H2,(H,22,24). The van der Waals surface area contributed by atoms with Crippen LogP contribution in [-0.4, -0.2) is 17.6 Å². The van der Waals surface area contributed by atoms with Gasteiger partial charge in [0.2, 0.25) is 5.91 Å². The summed E-state index contributed by atoms with van der Waals surface area (Å²) in [6.07, 6.45) is 0.0480. The van der Waals surface area contributed by atoms with Gasteiger partial charge in [0, 0.05) is 6.42 Å². The van der Waals surface area contributed by atoms with Gasteiger partial charge in [0.1, 0.15) is 5.82 Å². The molecule has 0 aliphatic carbocycles. The van der Waals surface area contributed by atoms with E-state index in [0.717, 1.165) is 0 Å². The second kappa shape index (κ2) is 7.92. The lowest BCUT2D eigenvalue weighted by Gasteiger charge is -2.17. The monoisotopic (exact) mass is 341 g/mol. The van der Waals surface area contributed by atoms with Crippen LogP contribution in [0.15, 0.2) is 36.4 Å². The fourth-order valence-corrected chi connectivity index (χ4v) is 2.23. The molecule has 0 radical (unpaired) electrons. The number of nitrogens with one attached hydrogen (secondary N) is 1. The molecular weight excluding hydrogens is 326 g/mol. The molecule has 2 aromatic carbocycles. The quantitative estimate of drug-likeness (QED) is 0.627. The molecule has 0 fully saturated rings. The molecule has 0 aliphatic rings. The summed E-state index contributed by atoms with van der Waals surface area (Å²) in [4.78, 5) is 11.9. The number of amides is 1. The first-order chi connectivity index (χ1) is 11.4. The summed E-state index contributed by atoms with van der Waals surface area (Å²) in [7, 11) is 0. The molecule has 0 heterocycles. The number of aliphatic hydroxyl groups excluding tert-OH is 1. The predicted octanol–water partition coefficient (Wildman–Crippen LogP) is 3.03. The van der Waals surface area contributed by atoms with Gasteiger partial charge in [-0.05, 0) is 35.7 Å². The highest BCUT2D eigenvalue weighted by Gasteiger charge is 2.19. The zero-order valence-corrected chi connectivity index (χ0v) is 12.5. The van der Waals surface area contributed by atoms with Gasteiger partial charge < -0.3 is 10.4 Å². The molecule has 0 saturated carbocycles. The van der Waals surface area contributed by atoms with Gasteiger partial charge in [-0.15, -0.1) is 0 Å². The Morgan fingerprint density at radius 3 is 2.25 bits per heavy atom. The van der Waals surface area contributed by atoms with E-state index in [1.165, 1.54) is 18.2 Å². The van der Waals surface area contributed by atoms with Crippen LogP contribution in [-0.2, 0) is 11.2 Å². The molecule has 2 N–H and O–H groups in total. The molecular formula is C17H15F4NO2. The molecule has 128 valence electrons. The molecule has 7 heteroatoms. The lowest BCUT2D eigenvalue weighted by molar-refractivity contribution is -0.122. The molecule has 2 rings (SSSR count). The van der Waals surface area contributed by atoms with Crippen molar-refractivity contribution in [2.75, 3.05) is 6.61 Å². The first kappa shape index (κ1) is 17.9. The van der Waals surface area contributed by atoms with Crippen LogP contribution in [0, 0.1) is 23.3 Å². The molecule has 1 atom stereocenters. The van der Waals surface area contributed by atoms with Crippen molar-refractivity contribution < 1.29 is 27.5 Å². The summed E-state index contributed by atoms with van der Waals surface area (Å²) in [5.74, 6) is -5.43. The Balaban J connectivity index is 2.02. The Bertz CT molecular complexity index is 713. The normalized spacial score (nSPS) is 12.0. The SMILES string of the molecule is O=C(CCc1ccccc1F)NC(CO)c1cc(F)c(F)c(F)c1. The van der Waals surface area contributed by atoms with Gasteiger partial charge in [0.15, 0.2) is 17.5 Å². The van der Waals surface area contributed by atoms with Crippen LogP contribution in [0.5, 0.6) is 0 Å². The lowest BCUT2D eigenvalue weighted by atomic mass is 10.1. The first-order valence-electron chi connectivity index (χ1n) is 7.20. The van der Waals surface area contributed by atoms with Gasteiger partial charge in [0.05, 0.1) is 12.6 Å². The number of carbonyl (C=O) groups is 1. The molecule has 1 amide bonds. The maximum Gasteiger partial charge on any atom is 0.220 e. The third-order valence-electron chi connectivity index (χ3n) is 3.51. The fourth-order valence-electron chi connectivity index (χ4n) is 2.23. The minimum absolute atomic E-state index is 0.0798. The number of carbonyl (C=O) groups excluding carboxylic acids is 1. The zero-order chi connectivity index (χ0) is 17.7. The van der Waals surface area contributed by atoms with Crippen LogP contribution in [0.4, 0.5) is 17.6 Å². The highest BCUT2D eigenvalue weighted by molar-refractivity contribution is 5.76. The highest BCUT2D eigenvalue weighted by Crippen LogP contribution is 2.19. The van der Waals surface area contributed by atoms with Gasteiger partial charge >= 0.3 is 0 Å². The number of hydrogen-bond donors (Lipinski definition) is 2. The Morgan fingerprint density at radius 1 is 1.04 bits per heavy atom. The Kier molecular flexibility index (Phi) is 5.92. The molecule has 0 aliphatic heterocycles. The van der Waals surface area contributed by atoms with Crippen molar-refractivity contribution in [2.45, 2.75) is 18.9 Å². The van der Waals surface area contributed by atoms with E-state index in [-0.39, 0.29) is 18.4 Å². The topological polar surface area (TPSA) is 49.3 Å². The van der Waals surface area contributed by atoms with Crippen LogP contribution in [0.3, 0.4) is 0 Å². The molecule has 0 saturated heterocycles. The Hall–Kier alpha value is -2.41. The van der Waals surface area contributed by atoms with Crippen LogP contribution in [0.1, 0.15) is 23.6 Å². The summed E-state index contributed by atoms with van der Waals surface area (Å²) in [5, 5.41) is 11.7. The van der Waals surface area contributed by atoms with Gasteiger partial charge in [-0.2, -0.15) is 0 Å². The number of hydrogen-bond acceptors (Lipinski definition) is 2. The van der Waals surface area contributed by atoms with Gasteiger partial charge in [0.25, 0.3) is 0 Å². The molecule has 0 bridgehead atoms. The summed E-state index contributed by atoms with van der Waals surface area (Å²) in [5.41, 5.74) is 0.250. The van der Waals surface area contributed by atoms with E-state index in [9.17, 15) is 27.5 Å². The van der Waals surface area contributed by atoms with Crippen LogP contribution in [0.2, 0.25) is 0 Å². The third kappa shape index (κ3) is 4.32. The van der Waals surface area contributed by atoms with Crippen molar-refractivity contribution in [3.63, 3.8) is 0 Å². The molecule has 0 aromatic heterocycles. The Morgan fingerprint density at radius 2 is 1.67 bits per heavy atom.